The fourth-order valence-corrected chi connectivity index (χ4v) is 12.9. The van der Waals surface area contributed by atoms with Gasteiger partial charge in [0.2, 0.25) is 15.9 Å². The van der Waals surface area contributed by atoms with Gasteiger partial charge in [-0.2, -0.15) is 40.2 Å². The number of sulfonamides is 1. The van der Waals surface area contributed by atoms with E-state index in [9.17, 15) is 56.8 Å². The molecule has 1 amide bonds. The van der Waals surface area contributed by atoms with Crippen LogP contribution >= 0.6 is 11.6 Å². The predicted octanol–water partition coefficient (Wildman–Crippen LogP) is 8.59. The Labute approximate surface area is 404 Å². The van der Waals surface area contributed by atoms with E-state index in [2.05, 4.69) is 32.0 Å². The first-order chi connectivity index (χ1) is 33.0. The summed E-state index contributed by atoms with van der Waals surface area (Å²) in [5.41, 5.74) is 1.06. The number of nitrogens with zero attached hydrogens (tertiary/aromatic N) is 4. The number of hydrogen-bond acceptors (Lipinski definition) is 9. The number of halogens is 11. The number of fused-ring (bicyclic) bond motifs is 3. The number of aliphatic imine (C=N–C) groups is 1. The highest BCUT2D eigenvalue weighted by molar-refractivity contribution is 7.94. The maximum atomic E-state index is 15.5. The van der Waals surface area contributed by atoms with Crippen LogP contribution in [0.2, 0.25) is 5.02 Å². The van der Waals surface area contributed by atoms with Crippen LogP contribution in [0.3, 0.4) is 0 Å². The Balaban J connectivity index is 1.27. The molecule has 4 fully saturated rings. The third-order valence-corrected chi connectivity index (χ3v) is 18.3. The molecule has 4 N–H and O–H groups in total. The Morgan fingerprint density at radius 3 is 2.25 bits per heavy atom. The molecule has 0 bridgehead atoms. The van der Waals surface area contributed by atoms with Gasteiger partial charge in [0.25, 0.3) is 5.92 Å². The van der Waals surface area contributed by atoms with Crippen LogP contribution in [0, 0.1) is 35.3 Å². The second-order valence-electron chi connectivity index (χ2n) is 19.0. The van der Waals surface area contributed by atoms with Gasteiger partial charge in [0.15, 0.2) is 15.7 Å². The van der Waals surface area contributed by atoms with E-state index in [0.717, 1.165) is 12.1 Å². The van der Waals surface area contributed by atoms with Gasteiger partial charge in [-0.05, 0) is 118 Å². The van der Waals surface area contributed by atoms with Crippen LogP contribution in [0.25, 0.3) is 22.0 Å². The summed E-state index contributed by atoms with van der Waals surface area (Å²) < 4.78 is 200. The van der Waals surface area contributed by atoms with Crippen molar-refractivity contribution in [2.24, 2.45) is 22.6 Å². The van der Waals surface area contributed by atoms with Gasteiger partial charge in [0, 0.05) is 28.7 Å². The molecule has 4 saturated carbocycles. The van der Waals surface area contributed by atoms with Crippen molar-refractivity contribution < 1.29 is 65.5 Å². The van der Waals surface area contributed by atoms with Crippen LogP contribution in [0.1, 0.15) is 86.5 Å². The summed E-state index contributed by atoms with van der Waals surface area (Å²) >= 11 is 6.68. The molecule has 3 atom stereocenters. The zero-order valence-corrected chi connectivity index (χ0v) is 39.8. The van der Waals surface area contributed by atoms with Crippen LogP contribution in [0.15, 0.2) is 46.6 Å². The summed E-state index contributed by atoms with van der Waals surface area (Å²) in [7, 11) is -8.01. The van der Waals surface area contributed by atoms with Gasteiger partial charge >= 0.3 is 12.4 Å². The molecule has 5 aliphatic rings. The lowest BCUT2D eigenvalue weighted by molar-refractivity contribution is -0.141. The normalized spacial score (nSPS) is 21.7. The lowest BCUT2D eigenvalue weighted by Gasteiger charge is -2.25. The van der Waals surface area contributed by atoms with E-state index < -0.39 is 131 Å². The Morgan fingerprint density at radius 2 is 1.63 bits per heavy atom. The minimum Gasteiger partial charge on any atom is -0.394 e. The number of nitrogens with one attached hydrogen (secondary N) is 2. The molecule has 0 radical (unpaired) electrons. The van der Waals surface area contributed by atoms with Gasteiger partial charge in [-0.3, -0.25) is 19.2 Å². The molecule has 12 nitrogen and oxygen atoms in total. The largest absolute Gasteiger partial charge is 0.431 e. The molecule has 0 spiro atoms. The molecule has 4 aromatic rings. The van der Waals surface area contributed by atoms with Crippen molar-refractivity contribution in [1.82, 2.24) is 20.1 Å². The number of alkyl halides is 8. The maximum absolute atomic E-state index is 15.5. The molecule has 9 rings (SSSR count). The first-order valence-corrected chi connectivity index (χ1v) is 25.8. The van der Waals surface area contributed by atoms with E-state index >= 15 is 8.78 Å². The second kappa shape index (κ2) is 17.4. The summed E-state index contributed by atoms with van der Waals surface area (Å²) in [5.74, 6) is -5.01. The van der Waals surface area contributed by atoms with E-state index in [1.54, 1.807) is 0 Å². The van der Waals surface area contributed by atoms with Crippen LogP contribution in [-0.4, -0.2) is 83.3 Å². The Kier molecular flexibility index (Phi) is 12.4. The number of pyridine rings is 1. The lowest BCUT2D eigenvalue weighted by Crippen LogP contribution is -2.35. The van der Waals surface area contributed by atoms with Crippen molar-refractivity contribution in [1.29, 1.82) is 0 Å². The van der Waals surface area contributed by atoms with E-state index in [4.69, 9.17) is 22.3 Å². The van der Waals surface area contributed by atoms with Gasteiger partial charge < -0.3 is 11.1 Å². The van der Waals surface area contributed by atoms with Crippen molar-refractivity contribution in [2.45, 2.75) is 118 Å². The number of rotatable bonds is 13. The smallest absolute Gasteiger partial charge is 0.394 e. The number of anilines is 1. The van der Waals surface area contributed by atoms with Gasteiger partial charge in [-0.15, -0.1) is 0 Å². The van der Waals surface area contributed by atoms with Crippen molar-refractivity contribution in [2.75, 3.05) is 11.3 Å². The number of allylic oxidation sites excluding steroid dienone is 2. The highest BCUT2D eigenvalue weighted by Crippen LogP contribution is 2.62. The van der Waals surface area contributed by atoms with Crippen LogP contribution in [-0.2, 0) is 50.5 Å². The minimum absolute atomic E-state index is 0.00595. The number of sulfone groups is 1. The zero-order valence-electron chi connectivity index (χ0n) is 37.4. The number of aromatic nitrogens is 3. The number of amides is 1. The summed E-state index contributed by atoms with van der Waals surface area (Å²) in [6.07, 6.45) is -8.98. The highest BCUT2D eigenvalue weighted by atomic mass is 35.5. The van der Waals surface area contributed by atoms with Gasteiger partial charge in [0.1, 0.15) is 46.6 Å². The molecule has 2 aromatic carbocycles. The fraction of sp³-hybridized carbons (Fsp3) is 0.478. The van der Waals surface area contributed by atoms with Crippen molar-refractivity contribution >= 4 is 59.8 Å². The molecule has 0 aliphatic heterocycles. The molecule has 0 saturated heterocycles. The Bertz CT molecular complexity index is 3260. The quantitative estimate of drug-likeness (QED) is 0.0881. The summed E-state index contributed by atoms with van der Waals surface area (Å²) in [5, 5.41) is 4.61. The molecular weight excluding hydrogens is 1020 g/mol. The summed E-state index contributed by atoms with van der Waals surface area (Å²) in [6, 6.07) is 3.23. The first-order valence-electron chi connectivity index (χ1n) is 22.3. The van der Waals surface area contributed by atoms with Crippen molar-refractivity contribution in [3.05, 3.63) is 86.3 Å². The predicted molar refractivity (Wildman–Crippen MR) is 242 cm³/mol. The lowest BCUT2D eigenvalue weighted by atomic mass is 9.88. The zero-order chi connectivity index (χ0) is 51.5. The molecule has 380 valence electrons. The number of carbonyl (C=O) groups excluding carboxylic acids is 1. The highest BCUT2D eigenvalue weighted by Gasteiger charge is 2.68. The van der Waals surface area contributed by atoms with Crippen LogP contribution in [0.4, 0.5) is 49.7 Å². The third-order valence-electron chi connectivity index (χ3n) is 13.3. The molecule has 25 heteroatoms. The average molecular weight is 1060 g/mol. The van der Waals surface area contributed by atoms with Crippen molar-refractivity contribution in [3.8, 4) is 23.0 Å². The van der Waals surface area contributed by atoms with E-state index in [1.807, 2.05) is 0 Å². The van der Waals surface area contributed by atoms with Gasteiger partial charge in [-0.1, -0.05) is 23.6 Å². The van der Waals surface area contributed by atoms with E-state index in [-0.39, 0.29) is 76.1 Å². The summed E-state index contributed by atoms with van der Waals surface area (Å²) in [6.45, 7) is -0.242. The number of benzene rings is 2. The molecule has 71 heavy (non-hydrogen) atoms. The standard InChI is InChI=1S/C46H42ClF10N7O5S2/c1-43(2,70(66,67)24-6-7-24)13-12-32-26-4-3-5-27(26)35(28-10-11-31(47)37-39(28)64(20-44(50,51)52)62-42(37)63-71(68,69)25-8-9-25)38(61-32)33(16-21-14-22(48)17-23(49)15-21)60-34(65)19-59-41-36(40(58)46(55,56)57)29-18-30(29)45(41,53)54/h10-11,14-15,17,24-25,29-30,33H,3-9,16,18-20,58H2,1-2H3,(H,60,65)(H,62,63)/t29-,30+,33-/m0/s1. The van der Waals surface area contributed by atoms with E-state index in [1.165, 1.54) is 26.0 Å². The minimum atomic E-state index is -5.23. The second-order valence-corrected chi connectivity index (χ2v) is 24.1. The molecular formula is C46H42ClF10N7O5S2. The summed E-state index contributed by atoms with van der Waals surface area (Å²) in [4.78, 5) is 22.6. The topological polar surface area (TPSA) is 178 Å². The third kappa shape index (κ3) is 9.69. The fourth-order valence-electron chi connectivity index (χ4n) is 9.53. The number of carbonyl (C=O) groups is 1. The number of nitrogens with two attached hydrogens (primary N) is 1. The average Bonchev–Trinajstić information content (AvgIpc) is 4.15. The van der Waals surface area contributed by atoms with Crippen LogP contribution in [0.5, 0.6) is 0 Å². The molecule has 2 aromatic heterocycles. The maximum Gasteiger partial charge on any atom is 0.431 e. The van der Waals surface area contributed by atoms with Gasteiger partial charge in [-0.25, -0.2) is 30.6 Å². The Hall–Kier alpha value is -5.41. The van der Waals surface area contributed by atoms with Crippen molar-refractivity contribution in [3.63, 3.8) is 0 Å². The van der Waals surface area contributed by atoms with E-state index in [0.29, 0.717) is 41.1 Å². The molecule has 0 unspecified atom stereocenters. The van der Waals surface area contributed by atoms with Crippen LogP contribution < -0.4 is 15.8 Å². The number of hydrogen-bond donors (Lipinski definition) is 3. The van der Waals surface area contributed by atoms with Gasteiger partial charge in [0.05, 0.1) is 38.2 Å². The molecule has 5 aliphatic carbocycles. The molecule has 2 heterocycles. The first kappa shape index (κ1) is 50.5. The SMILES string of the molecule is CC(C)(C#Cc1nc([C@H](Cc2cc(F)cc(F)c2)NC(=O)CN=C2C(=C(N)C(F)(F)F)[C@H]3C[C@H]3C2(F)F)c(-c2ccc(Cl)c3c(NS(=O)(=O)C4CC4)nn(CC(F)(F)F)c23)c2c1CCC2)S(=O)(=O)C1CC1. The monoisotopic (exact) mass is 1060 g/mol. The Morgan fingerprint density at radius 1 is 0.986 bits per heavy atom.